The van der Waals surface area contributed by atoms with Crippen molar-refractivity contribution in [3.05, 3.63) is 48.0 Å². The van der Waals surface area contributed by atoms with Gasteiger partial charge in [-0.2, -0.15) is 0 Å². The molecule has 3 heteroatoms. The van der Waals surface area contributed by atoms with Gasteiger partial charge >= 0.3 is 0 Å². The van der Waals surface area contributed by atoms with Crippen molar-refractivity contribution in [2.75, 3.05) is 0 Å². The molecule has 3 rings (SSSR count). The van der Waals surface area contributed by atoms with E-state index in [4.69, 9.17) is 0 Å². The van der Waals surface area contributed by atoms with Crippen LogP contribution in [-0.4, -0.2) is 11.0 Å². The minimum absolute atomic E-state index is 0.206. The smallest absolute Gasteiger partial charge is 0.0715 e. The van der Waals surface area contributed by atoms with E-state index >= 15 is 0 Å². The molecule has 1 aromatic heterocycles. The third kappa shape index (κ3) is 1.18. The number of aromatic nitrogens is 1. The number of carbonyl (C=O) groups excluding carboxylic acids is 1. The first kappa shape index (κ1) is 8.97. The summed E-state index contributed by atoms with van der Waals surface area (Å²) in [6.45, 7) is 0. The van der Waals surface area contributed by atoms with Crippen molar-refractivity contribution in [1.29, 1.82) is 0 Å². The third-order valence-electron chi connectivity index (χ3n) is 2.74. The van der Waals surface area contributed by atoms with Crippen molar-refractivity contribution in [2.45, 2.75) is 0 Å². The topological polar surface area (TPSA) is 55.9 Å². The van der Waals surface area contributed by atoms with Gasteiger partial charge in [0, 0.05) is 21.8 Å². The van der Waals surface area contributed by atoms with Crippen molar-refractivity contribution in [3.63, 3.8) is 0 Å². The van der Waals surface area contributed by atoms with E-state index in [0.29, 0.717) is 0 Å². The van der Waals surface area contributed by atoms with E-state index in [9.17, 15) is 9.90 Å². The number of rotatable bonds is 1. The van der Waals surface area contributed by atoms with Crippen LogP contribution in [0, 0.1) is 0 Å². The summed E-state index contributed by atoms with van der Waals surface area (Å²) in [4.78, 5) is 14.0. The standard InChI is InChI=1S/C13H9NO2/c15-13(16)8-5-6-12-10(7-8)9-3-1-2-4-11(9)14-12/h1-7,14H,(H,15,16)/p-1. The summed E-state index contributed by atoms with van der Waals surface area (Å²) in [5.74, 6) is -1.15. The molecule has 0 spiro atoms. The lowest BCUT2D eigenvalue weighted by molar-refractivity contribution is -0.255. The maximum atomic E-state index is 10.8. The summed E-state index contributed by atoms with van der Waals surface area (Å²) in [6.07, 6.45) is 0. The molecule has 0 atom stereocenters. The summed E-state index contributed by atoms with van der Waals surface area (Å²) in [6, 6.07) is 12.8. The average Bonchev–Trinajstić information content (AvgIpc) is 2.66. The quantitative estimate of drug-likeness (QED) is 0.664. The van der Waals surface area contributed by atoms with Crippen LogP contribution >= 0.6 is 0 Å². The Balaban J connectivity index is 2.44. The van der Waals surface area contributed by atoms with Gasteiger partial charge in [0.05, 0.1) is 5.97 Å². The summed E-state index contributed by atoms with van der Waals surface area (Å²) in [5.41, 5.74) is 2.15. The molecule has 0 unspecified atom stereocenters. The highest BCUT2D eigenvalue weighted by Gasteiger charge is 2.04. The first-order valence-electron chi connectivity index (χ1n) is 4.97. The van der Waals surface area contributed by atoms with E-state index in [-0.39, 0.29) is 5.56 Å². The second-order valence-electron chi connectivity index (χ2n) is 3.72. The number of fused-ring (bicyclic) bond motifs is 3. The highest BCUT2D eigenvalue weighted by Crippen LogP contribution is 2.25. The minimum atomic E-state index is -1.15. The Bertz CT molecular complexity index is 697. The van der Waals surface area contributed by atoms with Gasteiger partial charge < -0.3 is 14.9 Å². The zero-order valence-corrected chi connectivity index (χ0v) is 8.36. The minimum Gasteiger partial charge on any atom is -0.545 e. The number of carboxylic acids is 1. The monoisotopic (exact) mass is 210 g/mol. The van der Waals surface area contributed by atoms with Gasteiger partial charge in [-0.1, -0.05) is 24.3 Å². The van der Waals surface area contributed by atoms with Crippen LogP contribution in [0.5, 0.6) is 0 Å². The van der Waals surface area contributed by atoms with E-state index in [2.05, 4.69) is 4.98 Å². The van der Waals surface area contributed by atoms with Gasteiger partial charge in [0.2, 0.25) is 0 Å². The first-order valence-corrected chi connectivity index (χ1v) is 4.97. The van der Waals surface area contributed by atoms with Crippen molar-refractivity contribution in [3.8, 4) is 0 Å². The lowest BCUT2D eigenvalue weighted by Gasteiger charge is -2.01. The fourth-order valence-electron chi connectivity index (χ4n) is 1.98. The van der Waals surface area contributed by atoms with Crippen molar-refractivity contribution in [2.24, 2.45) is 0 Å². The Morgan fingerprint density at radius 3 is 2.56 bits per heavy atom. The Kier molecular flexibility index (Phi) is 1.74. The number of hydrogen-bond acceptors (Lipinski definition) is 2. The van der Waals surface area contributed by atoms with Crippen molar-refractivity contribution >= 4 is 27.8 Å². The zero-order valence-electron chi connectivity index (χ0n) is 8.36. The van der Waals surface area contributed by atoms with Crippen LogP contribution < -0.4 is 5.11 Å². The summed E-state index contributed by atoms with van der Waals surface area (Å²) < 4.78 is 0. The molecule has 0 aliphatic heterocycles. The van der Waals surface area contributed by atoms with Gasteiger partial charge in [0.15, 0.2) is 0 Å². The lowest BCUT2D eigenvalue weighted by atomic mass is 10.1. The van der Waals surface area contributed by atoms with E-state index in [1.54, 1.807) is 18.2 Å². The van der Waals surface area contributed by atoms with E-state index in [1.807, 2.05) is 24.3 Å². The molecule has 0 radical (unpaired) electrons. The maximum absolute atomic E-state index is 10.8. The molecule has 16 heavy (non-hydrogen) atoms. The van der Waals surface area contributed by atoms with Crippen LogP contribution in [-0.2, 0) is 0 Å². The molecule has 0 fully saturated rings. The molecule has 0 saturated heterocycles. The van der Waals surface area contributed by atoms with Crippen molar-refractivity contribution in [1.82, 2.24) is 4.98 Å². The fourth-order valence-corrected chi connectivity index (χ4v) is 1.98. The largest absolute Gasteiger partial charge is 0.545 e. The van der Waals surface area contributed by atoms with Gasteiger partial charge in [-0.15, -0.1) is 0 Å². The fraction of sp³-hybridized carbons (Fsp3) is 0. The molecule has 0 bridgehead atoms. The predicted molar refractivity (Wildman–Crippen MR) is 60.1 cm³/mol. The highest BCUT2D eigenvalue weighted by atomic mass is 16.4. The number of carbonyl (C=O) groups is 1. The first-order chi connectivity index (χ1) is 7.75. The predicted octanol–water partition coefficient (Wildman–Crippen LogP) is 1.68. The molecular formula is C13H8NO2-. The molecule has 3 aromatic rings. The van der Waals surface area contributed by atoms with E-state index in [1.165, 1.54) is 0 Å². The number of benzene rings is 2. The molecule has 0 aliphatic rings. The average molecular weight is 210 g/mol. The molecule has 3 nitrogen and oxygen atoms in total. The van der Waals surface area contributed by atoms with Gasteiger partial charge in [-0.3, -0.25) is 0 Å². The molecule has 0 aliphatic carbocycles. The van der Waals surface area contributed by atoms with Crippen LogP contribution in [0.3, 0.4) is 0 Å². The number of nitrogens with one attached hydrogen (secondary N) is 1. The summed E-state index contributed by atoms with van der Waals surface area (Å²) in [5, 5.41) is 12.7. The SMILES string of the molecule is O=C([O-])c1ccc2[nH]c3ccccc3c2c1. The molecular weight excluding hydrogens is 202 g/mol. The maximum Gasteiger partial charge on any atom is 0.0715 e. The van der Waals surface area contributed by atoms with Crippen LogP contribution in [0.25, 0.3) is 21.8 Å². The summed E-state index contributed by atoms with van der Waals surface area (Å²) >= 11 is 0. The number of aromatic carboxylic acids is 1. The van der Waals surface area contributed by atoms with Crippen LogP contribution in [0.15, 0.2) is 42.5 Å². The van der Waals surface area contributed by atoms with Gasteiger partial charge in [0.25, 0.3) is 0 Å². The van der Waals surface area contributed by atoms with Crippen LogP contribution in [0.2, 0.25) is 0 Å². The summed E-state index contributed by atoms with van der Waals surface area (Å²) in [7, 11) is 0. The molecule has 0 amide bonds. The second kappa shape index (κ2) is 3.10. The number of carboxylic acid groups (broad SMARTS) is 1. The molecule has 1 heterocycles. The van der Waals surface area contributed by atoms with Gasteiger partial charge in [-0.05, 0) is 23.8 Å². The molecule has 2 aromatic carbocycles. The lowest BCUT2D eigenvalue weighted by Crippen LogP contribution is -2.21. The Morgan fingerprint density at radius 2 is 1.75 bits per heavy atom. The Hall–Kier alpha value is -2.29. The van der Waals surface area contributed by atoms with Gasteiger partial charge in [-0.25, -0.2) is 0 Å². The second-order valence-corrected chi connectivity index (χ2v) is 3.72. The Labute approximate surface area is 91.3 Å². The Morgan fingerprint density at radius 1 is 1.00 bits per heavy atom. The van der Waals surface area contributed by atoms with Crippen LogP contribution in [0.1, 0.15) is 10.4 Å². The van der Waals surface area contributed by atoms with E-state index in [0.717, 1.165) is 21.8 Å². The third-order valence-corrected chi connectivity index (χ3v) is 2.74. The number of hydrogen-bond donors (Lipinski definition) is 1. The molecule has 1 N–H and O–H groups in total. The highest BCUT2D eigenvalue weighted by molar-refractivity contribution is 6.09. The molecule has 78 valence electrons. The van der Waals surface area contributed by atoms with E-state index < -0.39 is 5.97 Å². The van der Waals surface area contributed by atoms with Gasteiger partial charge in [0.1, 0.15) is 0 Å². The normalized spacial score (nSPS) is 11.0. The number of para-hydroxylation sites is 1. The van der Waals surface area contributed by atoms with Crippen molar-refractivity contribution < 1.29 is 9.90 Å². The van der Waals surface area contributed by atoms with Crippen LogP contribution in [0.4, 0.5) is 0 Å². The number of aromatic amines is 1. The molecule has 0 saturated carbocycles. The number of H-pyrrole nitrogens is 1. The zero-order chi connectivity index (χ0) is 11.1.